The number of amides is 1. The van der Waals surface area contributed by atoms with Crippen molar-refractivity contribution in [2.45, 2.75) is 25.9 Å². The van der Waals surface area contributed by atoms with Gasteiger partial charge in [-0.3, -0.25) is 9.52 Å². The molecule has 0 aromatic heterocycles. The molecule has 0 spiro atoms. The summed E-state index contributed by atoms with van der Waals surface area (Å²) >= 11 is 0. The van der Waals surface area contributed by atoms with E-state index in [0.29, 0.717) is 4.91 Å². The van der Waals surface area contributed by atoms with Crippen molar-refractivity contribution in [3.63, 3.8) is 0 Å². The normalized spacial score (nSPS) is 19.5. The van der Waals surface area contributed by atoms with Crippen molar-refractivity contribution >= 4 is 21.8 Å². The second kappa shape index (κ2) is 8.04. The predicted molar refractivity (Wildman–Crippen MR) is 120 cm³/mol. The summed E-state index contributed by atoms with van der Waals surface area (Å²) in [4.78, 5) is 11.9. The first kappa shape index (κ1) is 19.6. The Hall–Kier alpha value is -3.38. The first-order chi connectivity index (χ1) is 15.1. The van der Waals surface area contributed by atoms with E-state index in [0.717, 1.165) is 41.2 Å². The van der Waals surface area contributed by atoms with E-state index in [-0.39, 0.29) is 12.0 Å². The number of ether oxygens (including phenoxy) is 2. The molecule has 1 N–H and O–H groups in total. The van der Waals surface area contributed by atoms with Crippen LogP contribution in [0.4, 0.5) is 0 Å². The van der Waals surface area contributed by atoms with Gasteiger partial charge in [0.1, 0.15) is 23.4 Å². The zero-order valence-electron chi connectivity index (χ0n) is 17.0. The molecule has 2 aliphatic rings. The van der Waals surface area contributed by atoms with Crippen LogP contribution in [-0.4, -0.2) is 10.1 Å². The van der Waals surface area contributed by atoms with Crippen molar-refractivity contribution in [3.8, 4) is 17.2 Å². The summed E-state index contributed by atoms with van der Waals surface area (Å²) in [7, 11) is -1.50. The number of benzene rings is 3. The van der Waals surface area contributed by atoms with Gasteiger partial charge in [0.25, 0.3) is 5.91 Å². The number of hydrogen-bond donors (Lipinski definition) is 1. The highest BCUT2D eigenvalue weighted by molar-refractivity contribution is 7.93. The van der Waals surface area contributed by atoms with Gasteiger partial charge in [-0.2, -0.15) is 0 Å². The van der Waals surface area contributed by atoms with Crippen LogP contribution in [0, 0.1) is 6.92 Å². The Balaban J connectivity index is 1.33. The number of aryl methyl sites for hydroxylation is 1. The number of carbonyl (C=O) groups is 1. The van der Waals surface area contributed by atoms with Gasteiger partial charge in [0, 0.05) is 11.6 Å². The van der Waals surface area contributed by atoms with E-state index in [2.05, 4.69) is 17.7 Å². The van der Waals surface area contributed by atoms with E-state index in [1.165, 1.54) is 17.2 Å². The predicted octanol–water partition coefficient (Wildman–Crippen LogP) is 4.99. The van der Waals surface area contributed by atoms with Gasteiger partial charge in [0.15, 0.2) is 11.0 Å². The van der Waals surface area contributed by atoms with Crippen LogP contribution >= 0.6 is 0 Å². The molecule has 5 rings (SSSR count). The Labute approximate surface area is 183 Å². The first-order valence-electron chi connectivity index (χ1n) is 10.1. The molecule has 0 saturated heterocycles. The molecule has 2 atom stereocenters. The Morgan fingerprint density at radius 2 is 1.71 bits per heavy atom. The third-order valence-corrected chi connectivity index (χ3v) is 6.63. The van der Waals surface area contributed by atoms with E-state index in [4.69, 9.17) is 9.47 Å². The third-order valence-electron chi connectivity index (χ3n) is 5.49. The lowest BCUT2D eigenvalue weighted by Crippen LogP contribution is -2.16. The quantitative estimate of drug-likeness (QED) is 0.618. The lowest BCUT2D eigenvalue weighted by molar-refractivity contribution is -0.114. The van der Waals surface area contributed by atoms with Gasteiger partial charge in [0.2, 0.25) is 0 Å². The van der Waals surface area contributed by atoms with Crippen LogP contribution in [0.25, 0.3) is 4.91 Å². The van der Waals surface area contributed by atoms with E-state index in [1.54, 1.807) is 0 Å². The average Bonchev–Trinajstić information content (AvgIpc) is 3.33. The second-order valence-electron chi connectivity index (χ2n) is 7.65. The maximum absolute atomic E-state index is 11.9. The minimum atomic E-state index is -1.50. The highest BCUT2D eigenvalue weighted by atomic mass is 32.2. The Bertz CT molecular complexity index is 1200. The molecule has 156 valence electrons. The fraction of sp³-hybridized carbons (Fsp3) is 0.160. The van der Waals surface area contributed by atoms with Crippen LogP contribution < -0.4 is 14.2 Å². The third kappa shape index (κ3) is 3.99. The zero-order chi connectivity index (χ0) is 21.4. The number of rotatable bonds is 5. The van der Waals surface area contributed by atoms with Crippen LogP contribution in [0.1, 0.15) is 34.8 Å². The molecule has 0 radical (unpaired) electrons. The van der Waals surface area contributed by atoms with Crippen LogP contribution in [0.15, 0.2) is 72.8 Å². The Morgan fingerprint density at radius 3 is 2.42 bits per heavy atom. The summed E-state index contributed by atoms with van der Waals surface area (Å²) in [6.07, 6.45) is 3.08. The second-order valence-corrected chi connectivity index (χ2v) is 8.83. The fourth-order valence-electron chi connectivity index (χ4n) is 3.93. The van der Waals surface area contributed by atoms with Crippen LogP contribution in [0.2, 0.25) is 0 Å². The highest BCUT2D eigenvalue weighted by Crippen LogP contribution is 2.41. The van der Waals surface area contributed by atoms with Gasteiger partial charge in [-0.25, -0.2) is 4.21 Å². The summed E-state index contributed by atoms with van der Waals surface area (Å²) in [6.45, 7) is 2.05. The maximum Gasteiger partial charge on any atom is 0.257 e. The monoisotopic (exact) mass is 431 g/mol. The largest absolute Gasteiger partial charge is 0.486 e. The number of fused-ring (bicyclic) bond motifs is 1. The zero-order valence-corrected chi connectivity index (χ0v) is 17.8. The molecule has 1 heterocycles. The molecule has 3 aromatic carbocycles. The minimum absolute atomic E-state index is 0.0505. The van der Waals surface area contributed by atoms with E-state index in [1.807, 2.05) is 60.7 Å². The number of nitrogens with one attached hydrogen (secondary N) is 1. The van der Waals surface area contributed by atoms with Gasteiger partial charge >= 0.3 is 0 Å². The summed E-state index contributed by atoms with van der Waals surface area (Å²) in [6, 6.07) is 21.5. The molecule has 3 aromatic rings. The molecular weight excluding hydrogens is 410 g/mol. The highest BCUT2D eigenvalue weighted by Gasteiger charge is 2.27. The minimum Gasteiger partial charge on any atom is -0.486 e. The van der Waals surface area contributed by atoms with Gasteiger partial charge in [0.05, 0.1) is 4.91 Å². The first-order valence-corrected chi connectivity index (χ1v) is 11.3. The molecule has 1 unspecified atom stereocenters. The Morgan fingerprint density at radius 1 is 0.968 bits per heavy atom. The van der Waals surface area contributed by atoms with E-state index in [9.17, 15) is 9.00 Å². The lowest BCUT2D eigenvalue weighted by Gasteiger charge is -2.16. The van der Waals surface area contributed by atoms with Gasteiger partial charge < -0.3 is 9.47 Å². The van der Waals surface area contributed by atoms with Crippen molar-refractivity contribution in [1.82, 2.24) is 4.72 Å². The average molecular weight is 432 g/mol. The molecule has 1 aliphatic carbocycles. The van der Waals surface area contributed by atoms with Crippen molar-refractivity contribution in [2.24, 2.45) is 0 Å². The van der Waals surface area contributed by atoms with Crippen LogP contribution in [0.5, 0.6) is 17.2 Å². The standard InChI is InChI=1S/C25H21NO4S/c1-16-5-9-18(10-6-16)29-22-4-2-3-20-21(22)13-14-23(20)30-19-11-7-17(8-12-19)24-15-25(27)26-31(24)28/h2-12,15,23H,13-14H2,1H3,(H,26,27)/t23-,31?/m1/s1. The van der Waals surface area contributed by atoms with Crippen LogP contribution in [-0.2, 0) is 22.2 Å². The maximum atomic E-state index is 11.9. The van der Waals surface area contributed by atoms with Gasteiger partial charge in [-0.1, -0.05) is 42.0 Å². The van der Waals surface area contributed by atoms with Gasteiger partial charge in [-0.15, -0.1) is 0 Å². The smallest absolute Gasteiger partial charge is 0.257 e. The number of carbonyl (C=O) groups excluding carboxylic acids is 1. The topological polar surface area (TPSA) is 64.6 Å². The summed E-state index contributed by atoms with van der Waals surface area (Å²) < 4.78 is 26.7. The molecule has 0 bridgehead atoms. The molecule has 31 heavy (non-hydrogen) atoms. The summed E-state index contributed by atoms with van der Waals surface area (Å²) in [5.41, 5.74) is 4.26. The fourth-order valence-corrected chi connectivity index (χ4v) is 4.85. The molecule has 6 heteroatoms. The van der Waals surface area contributed by atoms with Crippen molar-refractivity contribution in [3.05, 3.63) is 95.1 Å². The molecule has 0 saturated carbocycles. The molecule has 0 fully saturated rings. The summed E-state index contributed by atoms with van der Waals surface area (Å²) in [5.74, 6) is 2.09. The number of hydrogen-bond acceptors (Lipinski definition) is 4. The van der Waals surface area contributed by atoms with Crippen molar-refractivity contribution < 1.29 is 18.5 Å². The van der Waals surface area contributed by atoms with Crippen LogP contribution in [0.3, 0.4) is 0 Å². The lowest BCUT2D eigenvalue weighted by atomic mass is 10.1. The Kier molecular flexibility index (Phi) is 5.08. The van der Waals surface area contributed by atoms with Gasteiger partial charge in [-0.05, 0) is 61.2 Å². The molecule has 5 nitrogen and oxygen atoms in total. The van der Waals surface area contributed by atoms with Crippen molar-refractivity contribution in [2.75, 3.05) is 0 Å². The molecule has 1 amide bonds. The SMILES string of the molecule is Cc1ccc(Oc2cccc3c2CC[C@H]3Oc2ccc(C3=CC(=O)NS3=O)cc2)cc1. The molecule has 1 aliphatic heterocycles. The summed E-state index contributed by atoms with van der Waals surface area (Å²) in [5, 5.41) is 0. The van der Waals surface area contributed by atoms with Crippen molar-refractivity contribution in [1.29, 1.82) is 0 Å². The van der Waals surface area contributed by atoms with E-state index >= 15 is 0 Å². The van der Waals surface area contributed by atoms with E-state index < -0.39 is 11.0 Å². The molecular formula is C25H21NO4S.